The van der Waals surface area contributed by atoms with E-state index in [0.29, 0.717) is 48.1 Å². The predicted molar refractivity (Wildman–Crippen MR) is 96.0 cm³/mol. The first-order valence-electron chi connectivity index (χ1n) is 8.49. The predicted octanol–water partition coefficient (Wildman–Crippen LogP) is 4.00. The molecule has 1 aliphatic rings. The zero-order chi connectivity index (χ0) is 19.1. The first kappa shape index (κ1) is 17.7. The molecule has 1 amide bonds. The Morgan fingerprint density at radius 1 is 1.11 bits per heavy atom. The fraction of sp³-hybridized carbons (Fsp3) is 0.263. The Morgan fingerprint density at radius 3 is 2.56 bits per heavy atom. The van der Waals surface area contributed by atoms with Gasteiger partial charge in [-0.2, -0.15) is 0 Å². The third-order valence-electron chi connectivity index (χ3n) is 4.85. The third-order valence-corrected chi connectivity index (χ3v) is 5.09. The number of aromatic nitrogens is 1. The summed E-state index contributed by atoms with van der Waals surface area (Å²) in [6, 6.07) is 7.72. The highest BCUT2D eigenvalue weighted by atomic mass is 35.5. The van der Waals surface area contributed by atoms with Gasteiger partial charge < -0.3 is 9.32 Å². The molecule has 140 valence electrons. The second-order valence-corrected chi connectivity index (χ2v) is 6.93. The number of hydrogen-bond acceptors (Lipinski definition) is 3. The molecule has 5 nitrogen and oxygen atoms in total. The molecule has 1 aromatic heterocycles. The van der Waals surface area contributed by atoms with Gasteiger partial charge in [0.25, 0.3) is 5.91 Å². The van der Waals surface area contributed by atoms with Crippen LogP contribution < -0.4 is 5.76 Å². The number of fused-ring (bicyclic) bond motifs is 1. The van der Waals surface area contributed by atoms with E-state index in [1.165, 1.54) is 4.90 Å². The molecule has 8 heteroatoms. The molecule has 0 radical (unpaired) electrons. The van der Waals surface area contributed by atoms with Gasteiger partial charge in [-0.3, -0.25) is 9.36 Å². The third kappa shape index (κ3) is 3.23. The van der Waals surface area contributed by atoms with Crippen LogP contribution in [0.15, 0.2) is 45.6 Å². The van der Waals surface area contributed by atoms with Crippen molar-refractivity contribution in [3.8, 4) is 0 Å². The largest absolute Gasteiger partial charge is 0.420 e. The summed E-state index contributed by atoms with van der Waals surface area (Å²) in [4.78, 5) is 26.3. The van der Waals surface area contributed by atoms with Crippen molar-refractivity contribution in [1.82, 2.24) is 9.47 Å². The van der Waals surface area contributed by atoms with Crippen molar-refractivity contribution >= 4 is 28.6 Å². The lowest BCUT2D eigenvalue weighted by Gasteiger charge is -2.32. The molecular formula is C19H15ClF2N2O3. The van der Waals surface area contributed by atoms with Gasteiger partial charge in [-0.15, -0.1) is 0 Å². The molecular weight excluding hydrogens is 378 g/mol. The zero-order valence-corrected chi connectivity index (χ0v) is 14.9. The van der Waals surface area contributed by atoms with E-state index in [1.54, 1.807) is 22.8 Å². The molecule has 1 fully saturated rings. The minimum atomic E-state index is -0.881. The fourth-order valence-corrected chi connectivity index (χ4v) is 3.68. The van der Waals surface area contributed by atoms with E-state index in [-0.39, 0.29) is 11.6 Å². The average molecular weight is 393 g/mol. The summed E-state index contributed by atoms with van der Waals surface area (Å²) in [5, 5.41) is 0.497. The smallest absolute Gasteiger partial charge is 0.408 e. The van der Waals surface area contributed by atoms with Crippen LogP contribution in [0.5, 0.6) is 0 Å². The van der Waals surface area contributed by atoms with Gasteiger partial charge in [0.2, 0.25) is 0 Å². The SMILES string of the molecule is O=C(c1ccc(F)cc1F)N1CCC(n2c(=O)oc3ccc(Cl)cc32)CC1. The van der Waals surface area contributed by atoms with Crippen LogP contribution in [-0.4, -0.2) is 28.5 Å². The molecule has 0 unspecified atom stereocenters. The Bertz CT molecular complexity index is 1080. The molecule has 0 N–H and O–H groups in total. The summed E-state index contributed by atoms with van der Waals surface area (Å²) in [6.45, 7) is 0.694. The molecule has 27 heavy (non-hydrogen) atoms. The van der Waals surface area contributed by atoms with Crippen molar-refractivity contribution in [2.75, 3.05) is 13.1 Å². The second-order valence-electron chi connectivity index (χ2n) is 6.50. The van der Waals surface area contributed by atoms with Gasteiger partial charge >= 0.3 is 5.76 Å². The number of amides is 1. The number of carbonyl (C=O) groups is 1. The number of benzene rings is 2. The number of piperidine rings is 1. The molecule has 2 aromatic carbocycles. The molecule has 0 saturated carbocycles. The van der Waals surface area contributed by atoms with E-state index >= 15 is 0 Å². The first-order chi connectivity index (χ1) is 12.9. The maximum atomic E-state index is 13.9. The van der Waals surface area contributed by atoms with Crippen LogP contribution in [0.25, 0.3) is 11.1 Å². The molecule has 0 spiro atoms. The highest BCUT2D eigenvalue weighted by molar-refractivity contribution is 6.31. The van der Waals surface area contributed by atoms with E-state index in [2.05, 4.69) is 0 Å². The van der Waals surface area contributed by atoms with Crippen LogP contribution in [0.4, 0.5) is 8.78 Å². The Kier molecular flexibility index (Phi) is 4.47. The number of oxazole rings is 1. The first-order valence-corrected chi connectivity index (χ1v) is 8.87. The number of halogens is 3. The normalized spacial score (nSPS) is 15.4. The molecule has 2 heterocycles. The molecule has 3 aromatic rings. The lowest BCUT2D eigenvalue weighted by molar-refractivity contribution is 0.0689. The number of likely N-dealkylation sites (tertiary alicyclic amines) is 1. The Hall–Kier alpha value is -2.67. The Morgan fingerprint density at radius 2 is 1.85 bits per heavy atom. The van der Waals surface area contributed by atoms with E-state index in [9.17, 15) is 18.4 Å². The van der Waals surface area contributed by atoms with Crippen LogP contribution in [-0.2, 0) is 0 Å². The van der Waals surface area contributed by atoms with Gasteiger partial charge in [-0.25, -0.2) is 13.6 Å². The van der Waals surface area contributed by atoms with Crippen LogP contribution in [0.1, 0.15) is 29.2 Å². The maximum absolute atomic E-state index is 13.9. The number of hydrogen-bond donors (Lipinski definition) is 0. The van der Waals surface area contributed by atoms with E-state index in [1.807, 2.05) is 0 Å². The zero-order valence-electron chi connectivity index (χ0n) is 14.1. The van der Waals surface area contributed by atoms with Crippen molar-refractivity contribution in [3.05, 3.63) is 69.2 Å². The van der Waals surface area contributed by atoms with Crippen LogP contribution in [0.2, 0.25) is 5.02 Å². The molecule has 0 atom stereocenters. The fourth-order valence-electron chi connectivity index (χ4n) is 3.51. The van der Waals surface area contributed by atoms with Gasteiger partial charge in [0, 0.05) is 30.2 Å². The van der Waals surface area contributed by atoms with E-state index in [0.717, 1.165) is 12.1 Å². The van der Waals surface area contributed by atoms with Crippen molar-refractivity contribution in [3.63, 3.8) is 0 Å². The van der Waals surface area contributed by atoms with Gasteiger partial charge in [0.05, 0.1) is 11.1 Å². The molecule has 0 aliphatic carbocycles. The quantitative estimate of drug-likeness (QED) is 0.662. The van der Waals surface area contributed by atoms with Crippen LogP contribution in [0.3, 0.4) is 0 Å². The molecule has 0 bridgehead atoms. The summed E-state index contributed by atoms with van der Waals surface area (Å²) in [5.41, 5.74) is 0.908. The summed E-state index contributed by atoms with van der Waals surface area (Å²) in [7, 11) is 0. The van der Waals surface area contributed by atoms with Crippen molar-refractivity contribution in [1.29, 1.82) is 0 Å². The van der Waals surface area contributed by atoms with Gasteiger partial charge in [-0.1, -0.05) is 11.6 Å². The Labute approximate surface area is 157 Å². The second kappa shape index (κ2) is 6.81. The summed E-state index contributed by atoms with van der Waals surface area (Å²) < 4.78 is 33.7. The monoisotopic (exact) mass is 392 g/mol. The van der Waals surface area contributed by atoms with Crippen molar-refractivity contribution in [2.24, 2.45) is 0 Å². The van der Waals surface area contributed by atoms with Gasteiger partial charge in [0.15, 0.2) is 5.58 Å². The Balaban J connectivity index is 1.54. The minimum Gasteiger partial charge on any atom is -0.408 e. The van der Waals surface area contributed by atoms with E-state index in [4.69, 9.17) is 16.0 Å². The van der Waals surface area contributed by atoms with Crippen LogP contribution >= 0.6 is 11.6 Å². The number of nitrogens with zero attached hydrogens (tertiary/aromatic N) is 2. The molecule has 4 rings (SSSR count). The van der Waals surface area contributed by atoms with Crippen molar-refractivity contribution in [2.45, 2.75) is 18.9 Å². The number of rotatable bonds is 2. The van der Waals surface area contributed by atoms with Gasteiger partial charge in [0.1, 0.15) is 11.6 Å². The lowest BCUT2D eigenvalue weighted by atomic mass is 10.0. The molecule has 1 saturated heterocycles. The summed E-state index contributed by atoms with van der Waals surface area (Å²) in [5.74, 6) is -2.57. The minimum absolute atomic E-state index is 0.153. The topological polar surface area (TPSA) is 55.5 Å². The highest BCUT2D eigenvalue weighted by Crippen LogP contribution is 2.28. The van der Waals surface area contributed by atoms with E-state index < -0.39 is 23.3 Å². The molecule has 1 aliphatic heterocycles. The summed E-state index contributed by atoms with van der Waals surface area (Å²) >= 11 is 6.03. The summed E-state index contributed by atoms with van der Waals surface area (Å²) in [6.07, 6.45) is 1.02. The van der Waals surface area contributed by atoms with Gasteiger partial charge in [-0.05, 0) is 43.2 Å². The highest BCUT2D eigenvalue weighted by Gasteiger charge is 2.28. The number of carbonyl (C=O) groups excluding carboxylic acids is 1. The average Bonchev–Trinajstić information content (AvgIpc) is 2.96. The van der Waals surface area contributed by atoms with Crippen LogP contribution in [0, 0.1) is 11.6 Å². The van der Waals surface area contributed by atoms with Crippen molar-refractivity contribution < 1.29 is 18.0 Å². The standard InChI is InChI=1S/C19H15ClF2N2O3/c20-11-1-4-17-16(9-11)24(19(26)27-17)13-5-7-23(8-6-13)18(25)14-3-2-12(21)10-15(14)22/h1-4,9-10,13H,5-8H2. The maximum Gasteiger partial charge on any atom is 0.420 e. The lowest BCUT2D eigenvalue weighted by Crippen LogP contribution is -2.40.